The number of amides is 1. The molecule has 0 radical (unpaired) electrons. The Morgan fingerprint density at radius 3 is 2.32 bits per heavy atom. The van der Waals surface area contributed by atoms with Gasteiger partial charge < -0.3 is 9.88 Å². The average Bonchev–Trinajstić information content (AvgIpc) is 3.56. The summed E-state index contributed by atoms with van der Waals surface area (Å²) in [5, 5.41) is 15.2. The summed E-state index contributed by atoms with van der Waals surface area (Å²) in [6, 6.07) is 31.3. The number of hydrogen-bond donors (Lipinski definition) is 1. The summed E-state index contributed by atoms with van der Waals surface area (Å²) in [6.45, 7) is 8.61. The fraction of sp³-hybridized carbons (Fsp3) is 0.175. The second kappa shape index (κ2) is 13.2. The zero-order valence-electron chi connectivity index (χ0n) is 28.1. The Labute approximate surface area is 292 Å². The fourth-order valence-electron chi connectivity index (χ4n) is 6.59. The van der Waals surface area contributed by atoms with Crippen molar-refractivity contribution in [3.63, 3.8) is 0 Å². The van der Waals surface area contributed by atoms with E-state index in [1.165, 1.54) is 23.5 Å². The van der Waals surface area contributed by atoms with Crippen LogP contribution in [-0.2, 0) is 11.3 Å². The third-order valence-electron chi connectivity index (χ3n) is 9.26. The third-order valence-corrected chi connectivity index (χ3v) is 10.2. The SMILES string of the molecule is CC1=C(C(=O)Nc2ccccc2)[C@@H](c2ccc(C(C)C)cc2)n2c(s/c(=C\c3c(C)n(Cc4ccc([N+](=O)[O-])cc4)c4ccccc34)c2=O)=N1. The highest BCUT2D eigenvalue weighted by atomic mass is 32.1. The lowest BCUT2D eigenvalue weighted by atomic mass is 9.93. The van der Waals surface area contributed by atoms with Crippen LogP contribution < -0.4 is 20.2 Å². The highest BCUT2D eigenvalue weighted by molar-refractivity contribution is 7.07. The number of rotatable bonds is 8. The van der Waals surface area contributed by atoms with E-state index in [4.69, 9.17) is 4.99 Å². The Morgan fingerprint density at radius 1 is 0.960 bits per heavy atom. The largest absolute Gasteiger partial charge is 0.340 e. The summed E-state index contributed by atoms with van der Waals surface area (Å²) in [7, 11) is 0. The van der Waals surface area contributed by atoms with Gasteiger partial charge in [0.1, 0.15) is 0 Å². The molecule has 0 aliphatic carbocycles. The Balaban J connectivity index is 1.36. The van der Waals surface area contributed by atoms with E-state index in [-0.39, 0.29) is 17.2 Å². The average molecular weight is 682 g/mol. The molecule has 4 aromatic carbocycles. The number of carbonyl (C=O) groups excluding carboxylic acids is 1. The van der Waals surface area contributed by atoms with Gasteiger partial charge in [0.15, 0.2) is 4.80 Å². The molecule has 0 fully saturated rings. The highest BCUT2D eigenvalue weighted by Crippen LogP contribution is 2.32. The second-order valence-corrected chi connectivity index (χ2v) is 13.8. The van der Waals surface area contributed by atoms with Crippen molar-refractivity contribution in [1.29, 1.82) is 0 Å². The van der Waals surface area contributed by atoms with Crippen LogP contribution in [0.5, 0.6) is 0 Å². The van der Waals surface area contributed by atoms with Crippen molar-refractivity contribution < 1.29 is 9.72 Å². The molecule has 0 unspecified atom stereocenters. The summed E-state index contributed by atoms with van der Waals surface area (Å²) < 4.78 is 4.32. The van der Waals surface area contributed by atoms with Crippen LogP contribution in [0.1, 0.15) is 60.7 Å². The molecule has 1 aliphatic rings. The first-order valence-electron chi connectivity index (χ1n) is 16.4. The molecule has 0 spiro atoms. The van der Waals surface area contributed by atoms with Gasteiger partial charge in [-0.05, 0) is 60.7 Å². The Bertz CT molecular complexity index is 2490. The molecule has 1 amide bonds. The van der Waals surface area contributed by atoms with Crippen molar-refractivity contribution in [2.75, 3.05) is 5.32 Å². The molecule has 7 rings (SSSR count). The number of nitrogens with one attached hydrogen (secondary N) is 1. The number of allylic oxidation sites excluding steroid dienone is 1. The maximum atomic E-state index is 14.5. The van der Waals surface area contributed by atoms with Crippen molar-refractivity contribution >= 4 is 45.6 Å². The van der Waals surface area contributed by atoms with Crippen molar-refractivity contribution in [3.8, 4) is 0 Å². The lowest BCUT2D eigenvalue weighted by molar-refractivity contribution is -0.384. The second-order valence-electron chi connectivity index (χ2n) is 12.7. The number of para-hydroxylation sites is 2. The molecule has 3 heterocycles. The summed E-state index contributed by atoms with van der Waals surface area (Å²) in [6.07, 6.45) is 1.93. The van der Waals surface area contributed by atoms with Crippen molar-refractivity contribution in [3.05, 3.63) is 172 Å². The smallest absolute Gasteiger partial charge is 0.271 e. The molecule has 2 aromatic heterocycles. The minimum absolute atomic E-state index is 0.0454. The van der Waals surface area contributed by atoms with Crippen LogP contribution >= 0.6 is 11.3 Å². The van der Waals surface area contributed by atoms with Gasteiger partial charge in [-0.25, -0.2) is 4.99 Å². The standard InChI is InChI=1S/C40H35N5O4S/c1-24(2)28-16-18-29(19-17-28)37-36(38(46)42-30-10-6-5-7-11-30)25(3)41-40-44(37)39(47)35(50-40)22-33-26(4)43(34-13-9-8-12-32(33)34)23-27-14-20-31(21-15-27)45(48)49/h5-22,24,37H,23H2,1-4H3,(H,42,46)/b35-22-/t37-/m1/s1. The van der Waals surface area contributed by atoms with Crippen LogP contribution in [0.4, 0.5) is 11.4 Å². The van der Waals surface area contributed by atoms with Crippen LogP contribution in [0.2, 0.25) is 0 Å². The van der Waals surface area contributed by atoms with Gasteiger partial charge in [0, 0.05) is 46.5 Å². The molecule has 0 bridgehead atoms. The van der Waals surface area contributed by atoms with E-state index >= 15 is 0 Å². The van der Waals surface area contributed by atoms with E-state index in [9.17, 15) is 19.7 Å². The van der Waals surface area contributed by atoms with E-state index in [1.807, 2.05) is 86.7 Å². The Hall–Kier alpha value is -5.87. The summed E-state index contributed by atoms with van der Waals surface area (Å²) in [5.41, 5.74) is 7.21. The van der Waals surface area contributed by atoms with E-state index in [0.717, 1.165) is 38.9 Å². The zero-order chi connectivity index (χ0) is 35.1. The van der Waals surface area contributed by atoms with E-state index in [1.54, 1.807) is 16.7 Å². The maximum Gasteiger partial charge on any atom is 0.271 e. The molecule has 50 heavy (non-hydrogen) atoms. The van der Waals surface area contributed by atoms with E-state index < -0.39 is 11.0 Å². The number of nitro groups is 1. The fourth-order valence-corrected chi connectivity index (χ4v) is 7.62. The molecular weight excluding hydrogens is 647 g/mol. The van der Waals surface area contributed by atoms with Gasteiger partial charge in [0.2, 0.25) is 0 Å². The maximum absolute atomic E-state index is 14.5. The van der Waals surface area contributed by atoms with Gasteiger partial charge in [-0.2, -0.15) is 0 Å². The van der Waals surface area contributed by atoms with Crippen molar-refractivity contribution in [1.82, 2.24) is 9.13 Å². The van der Waals surface area contributed by atoms with E-state index in [2.05, 4.69) is 35.9 Å². The number of anilines is 1. The number of carbonyl (C=O) groups is 1. The predicted octanol–water partition coefficient (Wildman–Crippen LogP) is 7.22. The molecule has 6 aromatic rings. The molecule has 9 nitrogen and oxygen atoms in total. The molecular formula is C40H35N5O4S. The monoisotopic (exact) mass is 681 g/mol. The van der Waals surface area contributed by atoms with Crippen LogP contribution in [0.3, 0.4) is 0 Å². The molecule has 250 valence electrons. The minimum atomic E-state index is -0.678. The van der Waals surface area contributed by atoms with E-state index in [0.29, 0.717) is 38.8 Å². The number of nitro benzene ring substituents is 1. The normalized spacial score (nSPS) is 14.6. The first-order chi connectivity index (χ1) is 24.1. The third kappa shape index (κ3) is 5.98. The van der Waals surface area contributed by atoms with Gasteiger partial charge in [-0.3, -0.25) is 24.3 Å². The number of hydrogen-bond acceptors (Lipinski definition) is 6. The minimum Gasteiger partial charge on any atom is -0.340 e. The lowest BCUT2D eigenvalue weighted by Gasteiger charge is -2.25. The number of non-ortho nitro benzene ring substituents is 1. The Morgan fingerprint density at radius 2 is 1.64 bits per heavy atom. The quantitative estimate of drug-likeness (QED) is 0.135. The molecule has 1 aliphatic heterocycles. The van der Waals surface area contributed by atoms with Gasteiger partial charge in [0.05, 0.1) is 26.8 Å². The van der Waals surface area contributed by atoms with Gasteiger partial charge in [-0.15, -0.1) is 0 Å². The number of nitrogens with zero attached hydrogens (tertiary/aromatic N) is 4. The number of fused-ring (bicyclic) bond motifs is 2. The number of aromatic nitrogens is 2. The first-order valence-corrected chi connectivity index (χ1v) is 17.2. The highest BCUT2D eigenvalue weighted by Gasteiger charge is 2.32. The predicted molar refractivity (Wildman–Crippen MR) is 198 cm³/mol. The first kappa shape index (κ1) is 32.7. The van der Waals surface area contributed by atoms with Crippen molar-refractivity contribution in [2.24, 2.45) is 4.99 Å². The topological polar surface area (TPSA) is 112 Å². The van der Waals surface area contributed by atoms with Crippen LogP contribution in [-0.4, -0.2) is 20.0 Å². The Kier molecular flexibility index (Phi) is 8.63. The summed E-state index contributed by atoms with van der Waals surface area (Å²) in [4.78, 5) is 44.6. The zero-order valence-corrected chi connectivity index (χ0v) is 28.9. The molecule has 1 N–H and O–H groups in total. The molecule has 0 saturated carbocycles. The summed E-state index contributed by atoms with van der Waals surface area (Å²) in [5.74, 6) is 0.0183. The van der Waals surface area contributed by atoms with Crippen molar-refractivity contribution in [2.45, 2.75) is 46.2 Å². The van der Waals surface area contributed by atoms with Gasteiger partial charge in [-0.1, -0.05) is 98.0 Å². The van der Waals surface area contributed by atoms with Crippen LogP contribution in [0, 0.1) is 17.0 Å². The van der Waals surface area contributed by atoms with Gasteiger partial charge in [0.25, 0.3) is 17.2 Å². The molecule has 10 heteroatoms. The van der Waals surface area contributed by atoms with Crippen LogP contribution in [0.15, 0.2) is 124 Å². The number of thiazole rings is 1. The summed E-state index contributed by atoms with van der Waals surface area (Å²) >= 11 is 1.31. The lowest BCUT2D eigenvalue weighted by Crippen LogP contribution is -2.40. The molecule has 1 atom stereocenters. The molecule has 0 saturated heterocycles. The number of benzene rings is 4. The van der Waals surface area contributed by atoms with Crippen LogP contribution in [0.25, 0.3) is 17.0 Å². The van der Waals surface area contributed by atoms with Gasteiger partial charge >= 0.3 is 0 Å².